The number of nitrogens with two attached hydrogens (primary N) is 1. The van der Waals surface area contributed by atoms with Crippen molar-refractivity contribution in [2.75, 3.05) is 45.4 Å². The molecule has 32 heavy (non-hydrogen) atoms. The van der Waals surface area contributed by atoms with E-state index >= 15 is 0 Å². The van der Waals surface area contributed by atoms with Gasteiger partial charge in [-0.05, 0) is 39.1 Å². The first-order valence-electron chi connectivity index (χ1n) is 11.1. The summed E-state index contributed by atoms with van der Waals surface area (Å²) < 4.78 is 0.591. The molecule has 2 unspecified atom stereocenters. The molecular formula is C23H33N8O+. The molecule has 1 aliphatic heterocycles. The number of rotatable bonds is 6. The van der Waals surface area contributed by atoms with Gasteiger partial charge in [0, 0.05) is 35.8 Å². The van der Waals surface area contributed by atoms with E-state index in [1.54, 1.807) is 18.6 Å². The second-order valence-corrected chi connectivity index (χ2v) is 9.32. The van der Waals surface area contributed by atoms with Gasteiger partial charge in [-0.3, -0.25) is 14.3 Å². The Kier molecular flexibility index (Phi) is 6.12. The summed E-state index contributed by atoms with van der Waals surface area (Å²) in [6.07, 6.45) is 12.0. The van der Waals surface area contributed by atoms with Gasteiger partial charge in [0.1, 0.15) is 12.2 Å². The molecule has 3 heterocycles. The van der Waals surface area contributed by atoms with E-state index in [1.165, 1.54) is 19.3 Å². The number of quaternary nitrogens is 1. The number of carbonyl (C=O) groups is 1. The molecule has 2 atom stereocenters. The highest BCUT2D eigenvalue weighted by atomic mass is 16.1. The number of pyridine rings is 1. The lowest BCUT2D eigenvalue weighted by Gasteiger charge is -2.45. The number of amides is 1. The zero-order valence-corrected chi connectivity index (χ0v) is 19.3. The van der Waals surface area contributed by atoms with Crippen LogP contribution in [0.1, 0.15) is 41.7 Å². The summed E-state index contributed by atoms with van der Waals surface area (Å²) in [6, 6.07) is 2.78. The van der Waals surface area contributed by atoms with Crippen LogP contribution in [0.3, 0.4) is 0 Å². The molecule has 0 aromatic carbocycles. The molecule has 2 aromatic heterocycles. The molecule has 2 aliphatic rings. The minimum Gasteiger partial charge on any atom is -0.379 e. The maximum absolute atomic E-state index is 12.1. The van der Waals surface area contributed by atoms with Gasteiger partial charge in [0.15, 0.2) is 11.5 Å². The molecule has 1 saturated carbocycles. The Morgan fingerprint density at radius 1 is 1.25 bits per heavy atom. The maximum atomic E-state index is 12.1. The van der Waals surface area contributed by atoms with Crippen molar-refractivity contribution in [3.05, 3.63) is 41.6 Å². The smallest absolute Gasteiger partial charge is 0.271 e. The van der Waals surface area contributed by atoms with E-state index in [-0.39, 0.29) is 5.69 Å². The minimum atomic E-state index is -0.605. The van der Waals surface area contributed by atoms with Gasteiger partial charge in [0.05, 0.1) is 26.7 Å². The van der Waals surface area contributed by atoms with Crippen LogP contribution in [-0.2, 0) is 0 Å². The van der Waals surface area contributed by atoms with Gasteiger partial charge in [-0.2, -0.15) is 4.98 Å². The van der Waals surface area contributed by atoms with Gasteiger partial charge < -0.3 is 21.3 Å². The number of hydrogen-bond donors (Lipinski definition) is 3. The summed E-state index contributed by atoms with van der Waals surface area (Å²) in [7, 11) is 8.64. The highest BCUT2D eigenvalue weighted by molar-refractivity contribution is 5.96. The Bertz CT molecular complexity index is 1030. The number of hydrogen-bond acceptors (Lipinski definition) is 7. The van der Waals surface area contributed by atoms with Crippen molar-refractivity contribution in [3.63, 3.8) is 0 Å². The molecule has 9 nitrogen and oxygen atoms in total. The van der Waals surface area contributed by atoms with Crippen LogP contribution in [0.2, 0.25) is 0 Å². The number of aromatic nitrogens is 3. The van der Waals surface area contributed by atoms with E-state index in [1.807, 2.05) is 12.1 Å². The van der Waals surface area contributed by atoms with Crippen LogP contribution in [0, 0.1) is 0 Å². The van der Waals surface area contributed by atoms with Crippen molar-refractivity contribution < 1.29 is 4.79 Å². The van der Waals surface area contributed by atoms with E-state index in [0.29, 0.717) is 28.9 Å². The lowest BCUT2D eigenvalue weighted by Crippen LogP contribution is -2.60. The Hall–Kier alpha value is -3.04. The molecule has 9 heteroatoms. The van der Waals surface area contributed by atoms with Crippen LogP contribution >= 0.6 is 0 Å². The van der Waals surface area contributed by atoms with Crippen molar-refractivity contribution in [2.24, 2.45) is 5.73 Å². The Morgan fingerprint density at radius 2 is 2.03 bits per heavy atom. The molecule has 0 saturated heterocycles. The molecule has 2 aromatic rings. The summed E-state index contributed by atoms with van der Waals surface area (Å²) in [5.74, 6) is 0.591. The van der Waals surface area contributed by atoms with Gasteiger partial charge in [-0.1, -0.05) is 6.42 Å². The Morgan fingerprint density at radius 3 is 2.78 bits per heavy atom. The van der Waals surface area contributed by atoms with Gasteiger partial charge >= 0.3 is 0 Å². The van der Waals surface area contributed by atoms with Crippen LogP contribution in [0.5, 0.6) is 0 Å². The van der Waals surface area contributed by atoms with E-state index in [2.05, 4.69) is 53.7 Å². The highest BCUT2D eigenvalue weighted by Gasteiger charge is 2.41. The average Bonchev–Trinajstić information content (AvgIpc) is 2.78. The molecule has 0 spiro atoms. The Labute approximate surface area is 189 Å². The fourth-order valence-electron chi connectivity index (χ4n) is 4.89. The standard InChI is InChI=1S/C23H32N8O/c1-30(2)18-7-5-6-8-19(18)31(3,4)20-14-27-21(22(24)32)23(29-20)28-16-11-15-12-25-10-9-17(15)26-13-16/h9-12,14,18-19H,5-8,13H2,1-4H3,(H3-,24,25,26,27,28,29,32)/p+1. The van der Waals surface area contributed by atoms with Crippen LogP contribution in [-0.4, -0.2) is 72.6 Å². The number of nitrogens with one attached hydrogen (secondary N) is 2. The van der Waals surface area contributed by atoms with Crippen LogP contribution < -0.4 is 20.9 Å². The normalized spacial score (nSPS) is 20.8. The third kappa shape index (κ3) is 4.31. The summed E-state index contributed by atoms with van der Waals surface area (Å²) in [6.45, 7) is 0.574. The minimum absolute atomic E-state index is 0.138. The molecule has 0 bridgehead atoms. The first kappa shape index (κ1) is 22.2. The zero-order valence-electron chi connectivity index (χ0n) is 19.3. The van der Waals surface area contributed by atoms with Crippen LogP contribution in [0.15, 0.2) is 30.4 Å². The summed E-state index contributed by atoms with van der Waals surface area (Å²) in [5.41, 5.74) is 8.62. The lowest BCUT2D eigenvalue weighted by molar-refractivity contribution is 0.0994. The maximum Gasteiger partial charge on any atom is 0.271 e. The average molecular weight is 438 g/mol. The van der Waals surface area contributed by atoms with E-state index in [4.69, 9.17) is 10.7 Å². The number of nitrogens with zero attached hydrogens (tertiary/aromatic N) is 5. The number of fused-ring (bicyclic) bond motifs is 1. The first-order chi connectivity index (χ1) is 15.3. The second-order valence-electron chi connectivity index (χ2n) is 9.32. The lowest BCUT2D eigenvalue weighted by atomic mass is 9.87. The van der Waals surface area contributed by atoms with E-state index < -0.39 is 5.91 Å². The van der Waals surface area contributed by atoms with Crippen molar-refractivity contribution in [1.29, 1.82) is 0 Å². The van der Waals surface area contributed by atoms with Crippen molar-refractivity contribution in [2.45, 2.75) is 37.8 Å². The van der Waals surface area contributed by atoms with Gasteiger partial charge in [0.2, 0.25) is 5.82 Å². The molecule has 1 amide bonds. The number of primary amides is 1. The van der Waals surface area contributed by atoms with Crippen LogP contribution in [0.25, 0.3) is 6.08 Å². The molecular weight excluding hydrogens is 404 g/mol. The number of carbonyl (C=O) groups excluding carboxylic acids is 1. The predicted molar refractivity (Wildman–Crippen MR) is 128 cm³/mol. The molecule has 0 radical (unpaired) electrons. The second kappa shape index (κ2) is 8.84. The van der Waals surface area contributed by atoms with Gasteiger partial charge in [-0.15, -0.1) is 0 Å². The zero-order chi connectivity index (χ0) is 22.9. The summed E-state index contributed by atoms with van der Waals surface area (Å²) in [4.78, 5) is 27.9. The van der Waals surface area contributed by atoms with E-state index in [9.17, 15) is 4.79 Å². The Balaban J connectivity index is 1.68. The number of likely N-dealkylation sites (N-methyl/N-ethyl adjacent to an activating group) is 2. The third-order valence-electron chi connectivity index (χ3n) is 6.70. The number of anilines is 2. The third-order valence-corrected chi connectivity index (χ3v) is 6.70. The molecule has 1 fully saturated rings. The van der Waals surface area contributed by atoms with Gasteiger partial charge in [-0.25, -0.2) is 4.98 Å². The monoisotopic (exact) mass is 437 g/mol. The topological polar surface area (TPSA) is 109 Å². The fraction of sp³-hybridized carbons (Fsp3) is 0.478. The van der Waals surface area contributed by atoms with Gasteiger partial charge in [0.25, 0.3) is 5.91 Å². The molecule has 1 aliphatic carbocycles. The highest BCUT2D eigenvalue weighted by Crippen LogP contribution is 2.33. The first-order valence-corrected chi connectivity index (χ1v) is 11.1. The SMILES string of the molecule is CN(C)C1CCCCC1[N+](C)(C)c1cnc(C(N)=O)c(NC2=Cc3cnccc3NC2)n1. The predicted octanol–water partition coefficient (Wildman–Crippen LogP) is 2.29. The molecule has 4 N–H and O–H groups in total. The van der Waals surface area contributed by atoms with Crippen LogP contribution in [0.4, 0.5) is 17.3 Å². The molecule has 170 valence electrons. The van der Waals surface area contributed by atoms with Crippen molar-refractivity contribution >= 4 is 29.3 Å². The van der Waals surface area contributed by atoms with E-state index in [0.717, 1.165) is 29.2 Å². The summed E-state index contributed by atoms with van der Waals surface area (Å²) in [5, 5.41) is 6.65. The quantitative estimate of drug-likeness (QED) is 0.595. The molecule has 4 rings (SSSR count). The fourth-order valence-corrected chi connectivity index (χ4v) is 4.89. The van der Waals surface area contributed by atoms with Crippen molar-refractivity contribution in [3.8, 4) is 0 Å². The largest absolute Gasteiger partial charge is 0.379 e. The van der Waals surface area contributed by atoms with Crippen molar-refractivity contribution in [1.82, 2.24) is 24.3 Å². The summed E-state index contributed by atoms with van der Waals surface area (Å²) >= 11 is 0.